The summed E-state index contributed by atoms with van der Waals surface area (Å²) >= 11 is 2.30. The highest BCUT2D eigenvalue weighted by Crippen LogP contribution is 2.40. The van der Waals surface area contributed by atoms with Gasteiger partial charge in [-0.15, -0.1) is 22.7 Å². The summed E-state index contributed by atoms with van der Waals surface area (Å²) in [4.78, 5) is 52.7. The van der Waals surface area contributed by atoms with Gasteiger partial charge < -0.3 is 25.9 Å². The van der Waals surface area contributed by atoms with Crippen LogP contribution in [-0.4, -0.2) is 34.5 Å². The van der Waals surface area contributed by atoms with E-state index in [1.807, 2.05) is 0 Å². The second-order valence-corrected chi connectivity index (χ2v) is 9.12. The molecule has 162 valence electrons. The van der Waals surface area contributed by atoms with Crippen LogP contribution >= 0.6 is 22.7 Å². The lowest BCUT2D eigenvalue weighted by Gasteiger charge is -2.12. The van der Waals surface area contributed by atoms with Crippen LogP contribution in [0, 0.1) is 0 Å². The van der Waals surface area contributed by atoms with E-state index in [9.17, 15) is 19.2 Å². The molecule has 0 bridgehead atoms. The maximum atomic E-state index is 13.0. The normalized spacial score (nSPS) is 13.1. The van der Waals surface area contributed by atoms with Crippen molar-refractivity contribution in [3.63, 3.8) is 0 Å². The van der Waals surface area contributed by atoms with Crippen LogP contribution in [0.2, 0.25) is 0 Å². The van der Waals surface area contributed by atoms with Gasteiger partial charge in [-0.25, -0.2) is 9.59 Å². The highest BCUT2D eigenvalue weighted by molar-refractivity contribution is 7.21. The molecule has 9 nitrogen and oxygen atoms in total. The molecule has 31 heavy (non-hydrogen) atoms. The number of anilines is 2. The lowest BCUT2D eigenvalue weighted by atomic mass is 9.95. The van der Waals surface area contributed by atoms with E-state index in [0.717, 1.165) is 53.5 Å². The number of nitrogens with two attached hydrogens (primary N) is 1. The Bertz CT molecular complexity index is 1290. The molecule has 0 spiro atoms. The van der Waals surface area contributed by atoms with Crippen molar-refractivity contribution in [1.82, 2.24) is 4.98 Å². The Kier molecular flexibility index (Phi) is 5.54. The number of nitrogens with one attached hydrogen (secondary N) is 2. The number of esters is 1. The van der Waals surface area contributed by atoms with E-state index in [-0.39, 0.29) is 22.6 Å². The topological polar surface area (TPSA) is 152 Å². The number of hydrogen-bond donors (Lipinski definition) is 4. The summed E-state index contributed by atoms with van der Waals surface area (Å²) in [5.74, 6) is -2.40. The summed E-state index contributed by atoms with van der Waals surface area (Å²) in [5.41, 5.74) is 6.24. The number of aryl methyl sites for hydroxylation is 1. The molecule has 1 aliphatic carbocycles. The quantitative estimate of drug-likeness (QED) is 0.426. The fourth-order valence-electron chi connectivity index (χ4n) is 3.63. The lowest BCUT2D eigenvalue weighted by molar-refractivity contribution is 0.0526. The Morgan fingerprint density at radius 1 is 1.26 bits per heavy atom. The summed E-state index contributed by atoms with van der Waals surface area (Å²) in [7, 11) is 0. The second-order valence-electron chi connectivity index (χ2n) is 6.99. The van der Waals surface area contributed by atoms with Crippen LogP contribution < -0.4 is 16.6 Å². The number of fused-ring (bicyclic) bond motifs is 2. The first-order valence-electron chi connectivity index (χ1n) is 9.63. The van der Waals surface area contributed by atoms with E-state index in [2.05, 4.69) is 10.3 Å². The number of H-pyrrole nitrogens is 1. The van der Waals surface area contributed by atoms with E-state index >= 15 is 0 Å². The van der Waals surface area contributed by atoms with Crippen LogP contribution in [0.1, 0.15) is 60.6 Å². The second kappa shape index (κ2) is 8.16. The predicted molar refractivity (Wildman–Crippen MR) is 119 cm³/mol. The van der Waals surface area contributed by atoms with Crippen LogP contribution in [-0.2, 0) is 17.6 Å². The molecule has 0 fully saturated rings. The molecule has 11 heteroatoms. The van der Waals surface area contributed by atoms with Crippen molar-refractivity contribution in [2.24, 2.45) is 0 Å². The molecule has 4 rings (SSSR count). The average molecular weight is 462 g/mol. The first-order chi connectivity index (χ1) is 14.8. The number of pyridine rings is 1. The number of carbonyl (C=O) groups excluding carboxylic acids is 2. The number of aromatic carboxylic acids is 1. The number of amides is 1. The Balaban J connectivity index is 1.73. The molecule has 1 amide bonds. The number of rotatable bonds is 5. The Morgan fingerprint density at radius 3 is 2.71 bits per heavy atom. The van der Waals surface area contributed by atoms with E-state index in [1.165, 1.54) is 11.3 Å². The number of aromatic amines is 1. The number of carboxylic acids is 1. The fraction of sp³-hybridized carbons (Fsp3) is 0.300. The highest BCUT2D eigenvalue weighted by atomic mass is 32.1. The standard InChI is InChI=1S/C20H19N3O6S2/c1-2-29-20(28)12-8-5-3-4-6-11(8)30-18(12)23-16(25)14-13(21)9-7-10(19(26)27)15(24)22-17(9)31-14/h7H,2-6,21H2,1H3,(H,22,24)(H,23,25)(H,26,27). The molecule has 0 unspecified atom stereocenters. The van der Waals surface area contributed by atoms with Crippen molar-refractivity contribution >= 4 is 61.4 Å². The monoisotopic (exact) mass is 461 g/mol. The molecule has 0 saturated carbocycles. The van der Waals surface area contributed by atoms with Gasteiger partial charge in [0.2, 0.25) is 0 Å². The molecule has 0 aliphatic heterocycles. The van der Waals surface area contributed by atoms with Crippen molar-refractivity contribution < 1.29 is 24.2 Å². The Hall–Kier alpha value is -3.18. The van der Waals surface area contributed by atoms with Gasteiger partial charge in [0.15, 0.2) is 0 Å². The number of ether oxygens (including phenoxy) is 1. The zero-order valence-electron chi connectivity index (χ0n) is 16.5. The van der Waals surface area contributed by atoms with Crippen molar-refractivity contribution in [1.29, 1.82) is 0 Å². The number of thiophene rings is 2. The van der Waals surface area contributed by atoms with Gasteiger partial charge in [0.1, 0.15) is 20.3 Å². The molecule has 3 aromatic rings. The van der Waals surface area contributed by atoms with Crippen molar-refractivity contribution in [3.8, 4) is 0 Å². The minimum Gasteiger partial charge on any atom is -0.477 e. The molecule has 0 atom stereocenters. The summed E-state index contributed by atoms with van der Waals surface area (Å²) in [6.07, 6.45) is 3.57. The van der Waals surface area contributed by atoms with Gasteiger partial charge in [-0.2, -0.15) is 0 Å². The number of carbonyl (C=O) groups is 3. The zero-order valence-corrected chi connectivity index (χ0v) is 18.1. The third-order valence-corrected chi connectivity index (χ3v) is 7.40. The van der Waals surface area contributed by atoms with Crippen LogP contribution in [0.25, 0.3) is 10.2 Å². The lowest BCUT2D eigenvalue weighted by Crippen LogP contribution is -2.16. The van der Waals surface area contributed by atoms with E-state index in [4.69, 9.17) is 15.6 Å². The van der Waals surface area contributed by atoms with Gasteiger partial charge in [0, 0.05) is 10.3 Å². The average Bonchev–Trinajstić information content (AvgIpc) is 3.24. The Morgan fingerprint density at radius 2 is 2.00 bits per heavy atom. The third kappa shape index (κ3) is 3.70. The van der Waals surface area contributed by atoms with Crippen molar-refractivity contribution in [2.45, 2.75) is 32.6 Å². The molecule has 3 heterocycles. The largest absolute Gasteiger partial charge is 0.477 e. The molecule has 0 saturated heterocycles. The molecule has 0 aromatic carbocycles. The van der Waals surface area contributed by atoms with Crippen molar-refractivity contribution in [2.75, 3.05) is 17.7 Å². The van der Waals surface area contributed by atoms with Crippen LogP contribution in [0.15, 0.2) is 10.9 Å². The van der Waals surface area contributed by atoms with Gasteiger partial charge in [-0.1, -0.05) is 0 Å². The number of hydrogen-bond acceptors (Lipinski definition) is 8. The minimum absolute atomic E-state index is 0.0651. The van der Waals surface area contributed by atoms with E-state index in [0.29, 0.717) is 15.4 Å². The van der Waals surface area contributed by atoms with Gasteiger partial charge in [-0.05, 0) is 44.2 Å². The Labute approximate surface area is 183 Å². The summed E-state index contributed by atoms with van der Waals surface area (Å²) < 4.78 is 5.20. The summed E-state index contributed by atoms with van der Waals surface area (Å²) in [6.45, 7) is 1.94. The van der Waals surface area contributed by atoms with E-state index < -0.39 is 29.0 Å². The molecule has 1 aliphatic rings. The zero-order chi connectivity index (χ0) is 22.3. The van der Waals surface area contributed by atoms with Crippen LogP contribution in [0.4, 0.5) is 10.7 Å². The number of aromatic nitrogens is 1. The van der Waals surface area contributed by atoms with Gasteiger partial charge in [0.05, 0.1) is 17.9 Å². The van der Waals surface area contributed by atoms with Crippen LogP contribution in [0.5, 0.6) is 0 Å². The van der Waals surface area contributed by atoms with Crippen molar-refractivity contribution in [3.05, 3.63) is 42.9 Å². The minimum atomic E-state index is -1.39. The SMILES string of the molecule is CCOC(=O)c1c(NC(=O)c2sc3[nH]c(=O)c(C(=O)O)cc3c2N)sc2c1CCCC2. The molecule has 0 radical (unpaired) electrons. The van der Waals surface area contributed by atoms with Gasteiger partial charge >= 0.3 is 11.9 Å². The maximum Gasteiger partial charge on any atom is 0.341 e. The predicted octanol–water partition coefficient (Wildman–Crippen LogP) is 3.24. The highest BCUT2D eigenvalue weighted by Gasteiger charge is 2.28. The first-order valence-corrected chi connectivity index (χ1v) is 11.3. The fourth-order valence-corrected chi connectivity index (χ4v) is 5.90. The maximum absolute atomic E-state index is 13.0. The molecular weight excluding hydrogens is 442 g/mol. The molecule has 3 aromatic heterocycles. The summed E-state index contributed by atoms with van der Waals surface area (Å²) in [6, 6.07) is 1.16. The van der Waals surface area contributed by atoms with Crippen LogP contribution in [0.3, 0.4) is 0 Å². The number of carboxylic acid groups (broad SMARTS) is 1. The summed E-state index contributed by atoms with van der Waals surface area (Å²) in [5, 5.41) is 12.6. The van der Waals surface area contributed by atoms with E-state index in [1.54, 1.807) is 6.92 Å². The smallest absolute Gasteiger partial charge is 0.341 e. The van der Waals surface area contributed by atoms with Gasteiger partial charge in [-0.3, -0.25) is 9.59 Å². The first kappa shape index (κ1) is 21.1. The molecule has 5 N–H and O–H groups in total. The molecular formula is C20H19N3O6S2. The third-order valence-electron chi connectivity index (χ3n) is 5.06. The van der Waals surface area contributed by atoms with Gasteiger partial charge in [0.25, 0.3) is 11.5 Å². The number of nitrogen functional groups attached to an aromatic ring is 1.